The van der Waals surface area contributed by atoms with Crippen LogP contribution in [0.2, 0.25) is 5.02 Å². The zero-order valence-corrected chi connectivity index (χ0v) is 19.2. The molecule has 0 aliphatic carbocycles. The number of rotatable bonds is 5. The van der Waals surface area contributed by atoms with Gasteiger partial charge < -0.3 is 15.0 Å². The van der Waals surface area contributed by atoms with Crippen LogP contribution in [0.25, 0.3) is 10.9 Å². The van der Waals surface area contributed by atoms with Crippen LogP contribution in [-0.2, 0) is 21.3 Å². The lowest BCUT2D eigenvalue weighted by molar-refractivity contribution is 0.0730. The predicted octanol–water partition coefficient (Wildman–Crippen LogP) is 1.64. The molecular formula is C21H21ClN4O6S. The van der Waals surface area contributed by atoms with E-state index >= 15 is 0 Å². The molecule has 1 fully saturated rings. The highest BCUT2D eigenvalue weighted by Gasteiger charge is 2.28. The Bertz CT molecular complexity index is 1460. The number of fused-ring (bicyclic) bond motifs is 1. The molecule has 0 bridgehead atoms. The van der Waals surface area contributed by atoms with Crippen LogP contribution in [0, 0.1) is 0 Å². The molecule has 2 aromatic carbocycles. The minimum atomic E-state index is -3.87. The molecule has 4 rings (SSSR count). The number of morpholine rings is 1. The molecular weight excluding hydrogens is 472 g/mol. The van der Waals surface area contributed by atoms with Gasteiger partial charge >= 0.3 is 5.69 Å². The zero-order valence-electron chi connectivity index (χ0n) is 17.6. The van der Waals surface area contributed by atoms with E-state index < -0.39 is 27.2 Å². The molecule has 3 aromatic rings. The van der Waals surface area contributed by atoms with Gasteiger partial charge in [0.25, 0.3) is 11.5 Å². The number of nitrogens with one attached hydrogen (secondary N) is 2. The van der Waals surface area contributed by atoms with Crippen molar-refractivity contribution in [3.63, 3.8) is 0 Å². The largest absolute Gasteiger partial charge is 0.379 e. The van der Waals surface area contributed by atoms with Gasteiger partial charge in [-0.05, 0) is 43.3 Å². The number of hydrogen-bond donors (Lipinski definition) is 2. The monoisotopic (exact) mass is 492 g/mol. The van der Waals surface area contributed by atoms with Crippen molar-refractivity contribution in [1.82, 2.24) is 13.9 Å². The van der Waals surface area contributed by atoms with Crippen molar-refractivity contribution in [2.24, 2.45) is 0 Å². The molecule has 0 radical (unpaired) electrons. The second kappa shape index (κ2) is 9.10. The van der Waals surface area contributed by atoms with Gasteiger partial charge in [-0.15, -0.1) is 0 Å². The van der Waals surface area contributed by atoms with Crippen LogP contribution in [0.3, 0.4) is 0 Å². The highest BCUT2D eigenvalue weighted by molar-refractivity contribution is 7.89. The van der Waals surface area contributed by atoms with Crippen LogP contribution in [0.1, 0.15) is 17.3 Å². The third-order valence-corrected chi connectivity index (χ3v) is 7.72. The van der Waals surface area contributed by atoms with Gasteiger partial charge in [0.2, 0.25) is 10.0 Å². The number of sulfonamides is 1. The Hall–Kier alpha value is -2.99. The number of H-pyrrole nitrogens is 1. The van der Waals surface area contributed by atoms with Gasteiger partial charge in [0, 0.05) is 30.9 Å². The third-order valence-electron chi connectivity index (χ3n) is 5.34. The molecule has 2 N–H and O–H groups in total. The molecule has 0 atom stereocenters. The Morgan fingerprint density at radius 3 is 2.58 bits per heavy atom. The van der Waals surface area contributed by atoms with Crippen molar-refractivity contribution in [3.8, 4) is 0 Å². The summed E-state index contributed by atoms with van der Waals surface area (Å²) in [5, 5.41) is 2.95. The van der Waals surface area contributed by atoms with Crippen molar-refractivity contribution in [2.45, 2.75) is 18.4 Å². The first-order valence-corrected chi connectivity index (χ1v) is 12.0. The molecule has 1 amide bonds. The molecule has 33 heavy (non-hydrogen) atoms. The summed E-state index contributed by atoms with van der Waals surface area (Å²) in [6.45, 7) is 2.92. The molecule has 1 aliphatic heterocycles. The quantitative estimate of drug-likeness (QED) is 0.556. The SMILES string of the molecule is CCn1c(=O)[nH]c2cc(C(=O)Nc3ccc(Cl)c(S(=O)(=O)N4CCOCC4)c3)ccc2c1=O. The summed E-state index contributed by atoms with van der Waals surface area (Å²) in [6, 6.07) is 8.50. The van der Waals surface area contributed by atoms with Gasteiger partial charge in [0.1, 0.15) is 4.90 Å². The van der Waals surface area contributed by atoms with Crippen LogP contribution in [0.5, 0.6) is 0 Å². The van der Waals surface area contributed by atoms with Crippen molar-refractivity contribution in [1.29, 1.82) is 0 Å². The minimum absolute atomic E-state index is 0.0370. The second-order valence-corrected chi connectivity index (χ2v) is 9.67. The van der Waals surface area contributed by atoms with Crippen LogP contribution in [-0.4, -0.2) is 54.5 Å². The zero-order chi connectivity index (χ0) is 23.8. The van der Waals surface area contributed by atoms with Crippen molar-refractivity contribution >= 4 is 44.1 Å². The average molecular weight is 493 g/mol. The molecule has 10 nitrogen and oxygen atoms in total. The van der Waals surface area contributed by atoms with Gasteiger partial charge in [0.15, 0.2) is 0 Å². The van der Waals surface area contributed by atoms with Crippen LogP contribution in [0.4, 0.5) is 5.69 Å². The molecule has 0 unspecified atom stereocenters. The molecule has 1 aliphatic rings. The van der Waals surface area contributed by atoms with Crippen LogP contribution in [0.15, 0.2) is 50.9 Å². The molecule has 174 valence electrons. The lowest BCUT2D eigenvalue weighted by Crippen LogP contribution is -2.40. The number of aromatic amines is 1. The Morgan fingerprint density at radius 1 is 1.15 bits per heavy atom. The van der Waals surface area contributed by atoms with E-state index in [1.54, 1.807) is 6.92 Å². The topological polar surface area (TPSA) is 131 Å². The maximum atomic E-state index is 13.0. The van der Waals surface area contributed by atoms with E-state index in [2.05, 4.69) is 10.3 Å². The van der Waals surface area contributed by atoms with E-state index in [0.29, 0.717) is 13.2 Å². The fourth-order valence-electron chi connectivity index (χ4n) is 3.59. The van der Waals surface area contributed by atoms with E-state index in [-0.39, 0.29) is 51.7 Å². The lowest BCUT2D eigenvalue weighted by Gasteiger charge is -2.26. The number of hydrogen-bond acceptors (Lipinski definition) is 6. The minimum Gasteiger partial charge on any atom is -0.379 e. The number of benzene rings is 2. The van der Waals surface area contributed by atoms with E-state index in [1.807, 2.05) is 0 Å². The van der Waals surface area contributed by atoms with Gasteiger partial charge in [0.05, 0.1) is 29.1 Å². The first-order chi connectivity index (χ1) is 15.7. The molecule has 2 heterocycles. The smallest absolute Gasteiger partial charge is 0.328 e. The predicted molar refractivity (Wildman–Crippen MR) is 123 cm³/mol. The van der Waals surface area contributed by atoms with Crippen molar-refractivity contribution in [3.05, 3.63) is 67.8 Å². The number of carbonyl (C=O) groups excluding carboxylic acids is 1. The summed E-state index contributed by atoms with van der Waals surface area (Å²) < 4.78 is 33.5. The summed E-state index contributed by atoms with van der Waals surface area (Å²) in [4.78, 5) is 39.8. The Kier molecular flexibility index (Phi) is 6.39. The Labute approximate surface area is 193 Å². The highest BCUT2D eigenvalue weighted by Crippen LogP contribution is 2.28. The molecule has 1 saturated heterocycles. The summed E-state index contributed by atoms with van der Waals surface area (Å²) in [7, 11) is -3.87. The van der Waals surface area contributed by atoms with Crippen molar-refractivity contribution in [2.75, 3.05) is 31.6 Å². The van der Waals surface area contributed by atoms with Gasteiger partial charge in [-0.2, -0.15) is 4.31 Å². The van der Waals surface area contributed by atoms with Crippen LogP contribution >= 0.6 is 11.6 Å². The Morgan fingerprint density at radius 2 is 1.88 bits per heavy atom. The first kappa shape index (κ1) is 23.2. The molecule has 12 heteroatoms. The number of anilines is 1. The number of ether oxygens (including phenoxy) is 1. The maximum absolute atomic E-state index is 13.0. The number of nitrogens with zero attached hydrogens (tertiary/aromatic N) is 2. The fraction of sp³-hybridized carbons (Fsp3) is 0.286. The van der Waals surface area contributed by atoms with E-state index in [1.165, 1.54) is 40.7 Å². The van der Waals surface area contributed by atoms with Gasteiger partial charge in [-0.3, -0.25) is 14.2 Å². The number of carbonyl (C=O) groups is 1. The number of halogens is 1. The number of aromatic nitrogens is 2. The fourth-order valence-corrected chi connectivity index (χ4v) is 5.50. The van der Waals surface area contributed by atoms with Crippen molar-refractivity contribution < 1.29 is 17.9 Å². The number of amides is 1. The average Bonchev–Trinajstić information content (AvgIpc) is 2.80. The summed E-state index contributed by atoms with van der Waals surface area (Å²) in [6.07, 6.45) is 0. The van der Waals surface area contributed by atoms with Gasteiger partial charge in [-0.25, -0.2) is 13.2 Å². The third kappa shape index (κ3) is 4.44. The first-order valence-electron chi connectivity index (χ1n) is 10.2. The summed E-state index contributed by atoms with van der Waals surface area (Å²) >= 11 is 6.16. The van der Waals surface area contributed by atoms with E-state index in [9.17, 15) is 22.8 Å². The second-order valence-electron chi connectivity index (χ2n) is 7.36. The standard InChI is InChI=1S/C21H21ClN4O6S/c1-2-26-20(28)15-5-3-13(11-17(15)24-21(26)29)19(27)23-14-4-6-16(22)18(12-14)33(30,31)25-7-9-32-10-8-25/h3-6,11-12H,2,7-10H2,1H3,(H,23,27)(H,24,29). The molecule has 0 saturated carbocycles. The van der Waals surface area contributed by atoms with Crippen LogP contribution < -0.4 is 16.6 Å². The lowest BCUT2D eigenvalue weighted by atomic mass is 10.1. The van der Waals surface area contributed by atoms with E-state index in [4.69, 9.17) is 16.3 Å². The van der Waals surface area contributed by atoms with E-state index in [0.717, 1.165) is 4.57 Å². The molecule has 1 aromatic heterocycles. The summed E-state index contributed by atoms with van der Waals surface area (Å²) in [5.74, 6) is -0.547. The normalized spacial score (nSPS) is 15.0. The highest BCUT2D eigenvalue weighted by atomic mass is 35.5. The molecule has 0 spiro atoms. The summed E-state index contributed by atoms with van der Waals surface area (Å²) in [5.41, 5.74) is -0.373. The maximum Gasteiger partial charge on any atom is 0.328 e. The van der Waals surface area contributed by atoms with Gasteiger partial charge in [-0.1, -0.05) is 11.6 Å². The Balaban J connectivity index is 1.64.